The number of aliphatic carboxylic acids is 1. The van der Waals surface area contributed by atoms with Gasteiger partial charge >= 0.3 is 5.97 Å². The van der Waals surface area contributed by atoms with Crippen molar-refractivity contribution in [1.82, 2.24) is 10.2 Å². The normalized spacial score (nSPS) is 11.1. The molecule has 17 heavy (non-hydrogen) atoms. The molecule has 0 saturated carbocycles. The van der Waals surface area contributed by atoms with Gasteiger partial charge in [0.05, 0.1) is 5.75 Å². The molecule has 1 aromatic heterocycles. The molecule has 0 aliphatic carbocycles. The lowest BCUT2D eigenvalue weighted by molar-refractivity contribution is -0.137. The Morgan fingerprint density at radius 3 is 2.65 bits per heavy atom. The second-order valence-electron chi connectivity index (χ2n) is 3.16. The minimum atomic E-state index is -3.60. The first kappa shape index (κ1) is 13.7. The molecule has 0 aliphatic heterocycles. The van der Waals surface area contributed by atoms with Crippen LogP contribution in [0.2, 0.25) is 5.15 Å². The average Bonchev–Trinajstić information content (AvgIpc) is 2.20. The maximum absolute atomic E-state index is 11.5. The summed E-state index contributed by atoms with van der Waals surface area (Å²) in [5.41, 5.74) is 0. The van der Waals surface area contributed by atoms with Gasteiger partial charge in [-0.25, -0.2) is 8.42 Å². The summed E-state index contributed by atoms with van der Waals surface area (Å²) in [5.74, 6) is -1.28. The molecule has 0 spiro atoms. The monoisotopic (exact) mass is 279 g/mol. The smallest absolute Gasteiger partial charge is 0.303 e. The van der Waals surface area contributed by atoms with Gasteiger partial charge in [-0.2, -0.15) is 0 Å². The van der Waals surface area contributed by atoms with Crippen LogP contribution in [0.1, 0.15) is 12.8 Å². The van der Waals surface area contributed by atoms with Crippen LogP contribution < -0.4 is 4.72 Å². The molecule has 0 radical (unpaired) electrons. The first-order valence-electron chi connectivity index (χ1n) is 4.60. The Morgan fingerprint density at radius 2 is 2.12 bits per heavy atom. The highest BCUT2D eigenvalue weighted by atomic mass is 35.5. The predicted octanol–water partition coefficient (Wildman–Crippen LogP) is 0.736. The number of sulfonamides is 1. The predicted molar refractivity (Wildman–Crippen MR) is 61.3 cm³/mol. The second kappa shape index (κ2) is 5.78. The summed E-state index contributed by atoms with van der Waals surface area (Å²) in [6, 6.07) is 2.76. The zero-order valence-corrected chi connectivity index (χ0v) is 10.2. The first-order chi connectivity index (χ1) is 7.89. The minimum Gasteiger partial charge on any atom is -0.481 e. The van der Waals surface area contributed by atoms with Gasteiger partial charge in [-0.1, -0.05) is 11.6 Å². The highest BCUT2D eigenvalue weighted by Gasteiger charge is 2.12. The van der Waals surface area contributed by atoms with E-state index in [4.69, 9.17) is 16.7 Å². The SMILES string of the molecule is O=C(O)CCCS(=O)(=O)Nc1ccc(Cl)nn1. The Morgan fingerprint density at radius 1 is 1.41 bits per heavy atom. The standard InChI is InChI=1S/C8H10ClN3O4S/c9-6-3-4-7(11-10-6)12-17(15,16)5-1-2-8(13)14/h3-4H,1-2,5H2,(H,11,12)(H,13,14). The van der Waals surface area contributed by atoms with E-state index in [9.17, 15) is 13.2 Å². The summed E-state index contributed by atoms with van der Waals surface area (Å²) in [6.07, 6.45) is -0.168. The van der Waals surface area contributed by atoms with Crippen molar-refractivity contribution in [3.8, 4) is 0 Å². The molecular weight excluding hydrogens is 270 g/mol. The molecular formula is C8H10ClN3O4S. The number of carboxylic acid groups (broad SMARTS) is 1. The molecule has 0 unspecified atom stereocenters. The lowest BCUT2D eigenvalue weighted by Gasteiger charge is -2.05. The zero-order chi connectivity index (χ0) is 12.9. The molecule has 0 aromatic carbocycles. The van der Waals surface area contributed by atoms with Gasteiger partial charge in [0.25, 0.3) is 0 Å². The van der Waals surface area contributed by atoms with E-state index in [0.29, 0.717) is 0 Å². The summed E-state index contributed by atoms with van der Waals surface area (Å²) in [4.78, 5) is 10.2. The third-order valence-electron chi connectivity index (χ3n) is 1.70. The maximum Gasteiger partial charge on any atom is 0.303 e. The third kappa shape index (κ3) is 5.45. The van der Waals surface area contributed by atoms with Crippen molar-refractivity contribution >= 4 is 33.4 Å². The van der Waals surface area contributed by atoms with Crippen LogP contribution in [0.25, 0.3) is 0 Å². The zero-order valence-electron chi connectivity index (χ0n) is 8.63. The van der Waals surface area contributed by atoms with Gasteiger partial charge in [0.15, 0.2) is 11.0 Å². The van der Waals surface area contributed by atoms with E-state index in [1.54, 1.807) is 0 Å². The van der Waals surface area contributed by atoms with E-state index in [1.165, 1.54) is 12.1 Å². The number of rotatable bonds is 6. The molecule has 2 N–H and O–H groups in total. The fraction of sp³-hybridized carbons (Fsp3) is 0.375. The van der Waals surface area contributed by atoms with Gasteiger partial charge in [0.2, 0.25) is 10.0 Å². The van der Waals surface area contributed by atoms with Gasteiger partial charge in [-0.05, 0) is 18.6 Å². The number of carbonyl (C=O) groups is 1. The van der Waals surface area contributed by atoms with Gasteiger partial charge in [-0.3, -0.25) is 9.52 Å². The van der Waals surface area contributed by atoms with Crippen molar-refractivity contribution in [3.05, 3.63) is 17.3 Å². The van der Waals surface area contributed by atoms with Crippen LogP contribution in [0.15, 0.2) is 12.1 Å². The summed E-state index contributed by atoms with van der Waals surface area (Å²) >= 11 is 5.49. The molecule has 0 aliphatic rings. The molecule has 0 atom stereocenters. The van der Waals surface area contributed by atoms with E-state index < -0.39 is 16.0 Å². The number of carboxylic acids is 1. The van der Waals surface area contributed by atoms with Crippen molar-refractivity contribution < 1.29 is 18.3 Å². The number of hydrogen-bond acceptors (Lipinski definition) is 5. The Bertz CT molecular complexity index is 488. The van der Waals surface area contributed by atoms with Crippen molar-refractivity contribution in [2.45, 2.75) is 12.8 Å². The molecule has 1 heterocycles. The van der Waals surface area contributed by atoms with Crippen LogP contribution in [0.3, 0.4) is 0 Å². The summed E-state index contributed by atoms with van der Waals surface area (Å²) < 4.78 is 25.1. The molecule has 0 bridgehead atoms. The number of nitrogens with zero attached hydrogens (tertiary/aromatic N) is 2. The highest BCUT2D eigenvalue weighted by molar-refractivity contribution is 7.92. The number of anilines is 1. The maximum atomic E-state index is 11.5. The molecule has 0 saturated heterocycles. The van der Waals surface area contributed by atoms with Gasteiger partial charge in [0, 0.05) is 6.42 Å². The van der Waals surface area contributed by atoms with E-state index in [1.807, 2.05) is 0 Å². The lowest BCUT2D eigenvalue weighted by Crippen LogP contribution is -2.18. The van der Waals surface area contributed by atoms with E-state index >= 15 is 0 Å². The average molecular weight is 280 g/mol. The van der Waals surface area contributed by atoms with Crippen molar-refractivity contribution in [1.29, 1.82) is 0 Å². The number of halogens is 1. The quantitative estimate of drug-likeness (QED) is 0.795. The molecule has 94 valence electrons. The lowest BCUT2D eigenvalue weighted by atomic mass is 10.3. The van der Waals surface area contributed by atoms with Crippen LogP contribution in [0.5, 0.6) is 0 Å². The molecule has 1 aromatic rings. The first-order valence-corrected chi connectivity index (χ1v) is 6.63. The third-order valence-corrected chi connectivity index (χ3v) is 3.24. The van der Waals surface area contributed by atoms with E-state index in [0.717, 1.165) is 0 Å². The number of aromatic nitrogens is 2. The molecule has 0 amide bonds. The van der Waals surface area contributed by atoms with Gasteiger partial charge < -0.3 is 5.11 Å². The molecule has 9 heteroatoms. The van der Waals surface area contributed by atoms with E-state index in [2.05, 4.69) is 14.9 Å². The summed E-state index contributed by atoms with van der Waals surface area (Å²) in [5, 5.41) is 15.5. The Hall–Kier alpha value is -1.41. The van der Waals surface area contributed by atoms with Crippen LogP contribution in [0.4, 0.5) is 5.82 Å². The van der Waals surface area contributed by atoms with Crippen molar-refractivity contribution in [2.24, 2.45) is 0 Å². The fourth-order valence-corrected chi connectivity index (χ4v) is 2.15. The Balaban J connectivity index is 2.54. The van der Waals surface area contributed by atoms with Gasteiger partial charge in [-0.15, -0.1) is 10.2 Å². The number of hydrogen-bond donors (Lipinski definition) is 2. The van der Waals surface area contributed by atoms with Gasteiger partial charge in [0.1, 0.15) is 0 Å². The molecule has 7 nitrogen and oxygen atoms in total. The molecule has 1 rings (SSSR count). The largest absolute Gasteiger partial charge is 0.481 e. The Kier molecular flexibility index (Phi) is 4.64. The molecule has 0 fully saturated rings. The Labute approximate surface area is 103 Å². The van der Waals surface area contributed by atoms with Crippen LogP contribution >= 0.6 is 11.6 Å². The topological polar surface area (TPSA) is 109 Å². The fourth-order valence-electron chi connectivity index (χ4n) is 0.994. The highest BCUT2D eigenvalue weighted by Crippen LogP contribution is 2.08. The summed E-state index contributed by atoms with van der Waals surface area (Å²) in [7, 11) is -3.60. The van der Waals surface area contributed by atoms with Crippen LogP contribution in [-0.2, 0) is 14.8 Å². The van der Waals surface area contributed by atoms with Crippen molar-refractivity contribution in [2.75, 3.05) is 10.5 Å². The number of nitrogens with one attached hydrogen (secondary N) is 1. The van der Waals surface area contributed by atoms with Crippen LogP contribution in [-0.4, -0.2) is 35.4 Å². The van der Waals surface area contributed by atoms with E-state index in [-0.39, 0.29) is 29.6 Å². The second-order valence-corrected chi connectivity index (χ2v) is 5.39. The summed E-state index contributed by atoms with van der Waals surface area (Å²) in [6.45, 7) is 0. The van der Waals surface area contributed by atoms with Crippen LogP contribution in [0, 0.1) is 0 Å². The minimum absolute atomic E-state index is 0.0334. The van der Waals surface area contributed by atoms with Crippen molar-refractivity contribution in [3.63, 3.8) is 0 Å².